The molecule has 7 heteroatoms. The molecule has 0 heterocycles. The molecule has 2 saturated carbocycles. The average Bonchev–Trinajstić information content (AvgIpc) is 3.02. The molecule has 0 aromatic heterocycles. The number of hydrogen-bond acceptors (Lipinski definition) is 2. The van der Waals surface area contributed by atoms with Crippen molar-refractivity contribution in [3.05, 3.63) is 29.8 Å². The van der Waals surface area contributed by atoms with Crippen LogP contribution in [0.15, 0.2) is 29.3 Å². The first-order chi connectivity index (χ1) is 10.6. The second-order valence-corrected chi connectivity index (χ2v) is 5.97. The number of nitrogens with two attached hydrogens (primary N) is 1. The summed E-state index contributed by atoms with van der Waals surface area (Å²) in [4.78, 5) is 4.47. The van der Waals surface area contributed by atoms with Crippen molar-refractivity contribution in [1.82, 2.24) is 5.32 Å². The highest BCUT2D eigenvalue weighted by molar-refractivity contribution is 14.0. The second kappa shape index (κ2) is 8.12. The molecule has 0 amide bonds. The van der Waals surface area contributed by atoms with Crippen molar-refractivity contribution < 1.29 is 13.5 Å². The lowest BCUT2D eigenvalue weighted by atomic mass is 10.1. The first-order valence-corrected chi connectivity index (χ1v) is 7.77. The highest BCUT2D eigenvalue weighted by Gasteiger charge is 2.40. The molecule has 23 heavy (non-hydrogen) atoms. The van der Waals surface area contributed by atoms with Crippen molar-refractivity contribution >= 4 is 29.9 Å². The molecule has 2 atom stereocenters. The largest absolute Gasteiger partial charge is 0.435 e. The van der Waals surface area contributed by atoms with E-state index in [2.05, 4.69) is 15.0 Å². The number of alkyl halides is 2. The molecule has 2 fully saturated rings. The SMILES string of the molecule is I.NC(=N[C@H]1C[C@@H]1c1ccccc1OC(F)F)NC1CCCC1. The van der Waals surface area contributed by atoms with Gasteiger partial charge >= 0.3 is 6.61 Å². The zero-order chi connectivity index (χ0) is 15.5. The van der Waals surface area contributed by atoms with Crippen LogP contribution in [0.25, 0.3) is 0 Å². The van der Waals surface area contributed by atoms with Crippen molar-refractivity contribution in [3.63, 3.8) is 0 Å². The highest BCUT2D eigenvalue weighted by atomic mass is 127. The first-order valence-electron chi connectivity index (χ1n) is 7.77. The van der Waals surface area contributed by atoms with Crippen molar-refractivity contribution in [2.45, 2.75) is 56.7 Å². The van der Waals surface area contributed by atoms with Gasteiger partial charge in [-0.15, -0.1) is 24.0 Å². The minimum Gasteiger partial charge on any atom is -0.435 e. The third-order valence-electron chi connectivity index (χ3n) is 4.30. The molecule has 2 aliphatic rings. The molecular weight excluding hydrogens is 415 g/mol. The van der Waals surface area contributed by atoms with Gasteiger partial charge in [-0.3, -0.25) is 0 Å². The fraction of sp³-hybridized carbons (Fsp3) is 0.562. The summed E-state index contributed by atoms with van der Waals surface area (Å²) in [6.45, 7) is -2.81. The number of benzene rings is 1. The van der Waals surface area contributed by atoms with E-state index >= 15 is 0 Å². The number of ether oxygens (including phenoxy) is 1. The number of hydrogen-bond donors (Lipinski definition) is 2. The molecule has 0 saturated heterocycles. The Labute approximate surface area is 151 Å². The molecule has 3 N–H and O–H groups in total. The third-order valence-corrected chi connectivity index (χ3v) is 4.30. The molecule has 0 spiro atoms. The van der Waals surface area contributed by atoms with Gasteiger partial charge in [-0.1, -0.05) is 31.0 Å². The lowest BCUT2D eigenvalue weighted by Gasteiger charge is -2.12. The van der Waals surface area contributed by atoms with Crippen LogP contribution in [0.3, 0.4) is 0 Å². The molecule has 3 rings (SSSR count). The number of nitrogens with one attached hydrogen (secondary N) is 1. The van der Waals surface area contributed by atoms with Crippen molar-refractivity contribution in [2.24, 2.45) is 10.7 Å². The van der Waals surface area contributed by atoms with E-state index in [1.807, 2.05) is 12.1 Å². The van der Waals surface area contributed by atoms with E-state index in [0.29, 0.717) is 12.0 Å². The number of para-hydroxylation sites is 1. The molecule has 0 radical (unpaired) electrons. The van der Waals surface area contributed by atoms with Gasteiger partial charge in [0, 0.05) is 12.0 Å². The van der Waals surface area contributed by atoms with Gasteiger partial charge in [-0.25, -0.2) is 4.99 Å². The Morgan fingerprint density at radius 3 is 2.65 bits per heavy atom. The van der Waals surface area contributed by atoms with E-state index in [1.54, 1.807) is 12.1 Å². The van der Waals surface area contributed by atoms with E-state index in [0.717, 1.165) is 24.8 Å². The Morgan fingerprint density at radius 1 is 1.26 bits per heavy atom. The maximum atomic E-state index is 12.4. The van der Waals surface area contributed by atoms with Gasteiger partial charge in [0.15, 0.2) is 5.96 Å². The summed E-state index contributed by atoms with van der Waals surface area (Å²) in [5.41, 5.74) is 6.72. The minimum absolute atomic E-state index is 0. The van der Waals surface area contributed by atoms with Gasteiger partial charge in [0.2, 0.25) is 0 Å². The molecule has 0 unspecified atom stereocenters. The lowest BCUT2D eigenvalue weighted by molar-refractivity contribution is -0.0504. The van der Waals surface area contributed by atoms with Crippen molar-refractivity contribution in [2.75, 3.05) is 0 Å². The second-order valence-electron chi connectivity index (χ2n) is 5.97. The first kappa shape index (κ1) is 18.2. The van der Waals surface area contributed by atoms with Gasteiger partial charge in [0.05, 0.1) is 6.04 Å². The van der Waals surface area contributed by atoms with Gasteiger partial charge in [0.1, 0.15) is 5.75 Å². The Morgan fingerprint density at radius 2 is 1.96 bits per heavy atom. The maximum Gasteiger partial charge on any atom is 0.387 e. The summed E-state index contributed by atoms with van der Waals surface area (Å²) in [6, 6.07) is 7.39. The topological polar surface area (TPSA) is 59.6 Å². The third kappa shape index (κ3) is 4.92. The van der Waals surface area contributed by atoms with E-state index in [-0.39, 0.29) is 41.7 Å². The molecule has 128 valence electrons. The smallest absolute Gasteiger partial charge is 0.387 e. The van der Waals surface area contributed by atoms with Crippen LogP contribution < -0.4 is 15.8 Å². The molecule has 4 nitrogen and oxygen atoms in total. The Hall–Kier alpha value is -1.12. The standard InChI is InChI=1S/C16H21F2N3O.HI/c17-15(18)22-14-8-4-3-7-11(14)12-9-13(12)21-16(19)20-10-5-1-2-6-10;/h3-4,7-8,10,12-13,15H,1-2,5-6,9H2,(H3,19,20,21);1H/t12-,13+;/m1./s1. The zero-order valence-electron chi connectivity index (χ0n) is 12.8. The fourth-order valence-corrected chi connectivity index (χ4v) is 3.14. The number of guanidine groups is 1. The number of aliphatic imine (C=N–C) groups is 1. The molecule has 0 aliphatic heterocycles. The quantitative estimate of drug-likeness (QED) is 0.421. The number of rotatable bonds is 5. The van der Waals surface area contributed by atoms with Crippen LogP contribution in [0, 0.1) is 0 Å². The fourth-order valence-electron chi connectivity index (χ4n) is 3.14. The minimum atomic E-state index is -2.81. The monoisotopic (exact) mass is 437 g/mol. The zero-order valence-corrected chi connectivity index (χ0v) is 15.1. The number of nitrogens with zero attached hydrogens (tertiary/aromatic N) is 1. The van der Waals surface area contributed by atoms with E-state index in [1.165, 1.54) is 12.8 Å². The predicted octanol–water partition coefficient (Wildman–Crippen LogP) is 3.61. The maximum absolute atomic E-state index is 12.4. The van der Waals surface area contributed by atoms with Gasteiger partial charge in [-0.05, 0) is 30.9 Å². The molecule has 1 aromatic rings. The summed E-state index contributed by atoms with van der Waals surface area (Å²) in [6.07, 6.45) is 5.55. The van der Waals surface area contributed by atoms with Gasteiger partial charge in [-0.2, -0.15) is 8.78 Å². The normalized spacial score (nSPS) is 24.4. The van der Waals surface area contributed by atoms with Crippen LogP contribution in [0.2, 0.25) is 0 Å². The Bertz CT molecular complexity index is 550. The van der Waals surface area contributed by atoms with Crippen LogP contribution in [0.5, 0.6) is 5.75 Å². The van der Waals surface area contributed by atoms with E-state index in [4.69, 9.17) is 5.73 Å². The van der Waals surface area contributed by atoms with Crippen molar-refractivity contribution in [3.8, 4) is 5.75 Å². The summed E-state index contributed by atoms with van der Waals surface area (Å²) >= 11 is 0. The van der Waals surface area contributed by atoms with Crippen LogP contribution in [0.1, 0.15) is 43.6 Å². The van der Waals surface area contributed by atoms with Crippen LogP contribution in [-0.2, 0) is 0 Å². The molecule has 0 bridgehead atoms. The number of halogens is 3. The highest BCUT2D eigenvalue weighted by Crippen LogP contribution is 2.47. The summed E-state index contributed by atoms with van der Waals surface area (Å²) in [5.74, 6) is 0.813. The Kier molecular flexibility index (Phi) is 6.43. The lowest BCUT2D eigenvalue weighted by Crippen LogP contribution is -2.38. The van der Waals surface area contributed by atoms with Crippen molar-refractivity contribution in [1.29, 1.82) is 0 Å². The van der Waals surface area contributed by atoms with Gasteiger partial charge in [0.25, 0.3) is 0 Å². The molecule has 2 aliphatic carbocycles. The van der Waals surface area contributed by atoms with E-state index in [9.17, 15) is 8.78 Å². The van der Waals surface area contributed by atoms with Gasteiger partial charge < -0.3 is 15.8 Å². The van der Waals surface area contributed by atoms with Crippen LogP contribution in [0.4, 0.5) is 8.78 Å². The molecular formula is C16H22F2IN3O. The summed E-state index contributed by atoms with van der Waals surface area (Å²) in [7, 11) is 0. The van der Waals surface area contributed by atoms with Crippen LogP contribution >= 0.6 is 24.0 Å². The summed E-state index contributed by atoms with van der Waals surface area (Å²) in [5, 5.41) is 3.25. The summed E-state index contributed by atoms with van der Waals surface area (Å²) < 4.78 is 29.5. The Balaban J connectivity index is 0.00000192. The van der Waals surface area contributed by atoms with E-state index < -0.39 is 6.61 Å². The predicted molar refractivity (Wildman–Crippen MR) is 96.6 cm³/mol. The van der Waals surface area contributed by atoms with Crippen LogP contribution in [-0.4, -0.2) is 24.7 Å². The average molecular weight is 437 g/mol. The molecule has 1 aromatic carbocycles.